The highest BCUT2D eigenvalue weighted by Gasteiger charge is 2.25. The number of nitrogens with zero attached hydrogens (tertiary/aromatic N) is 1. The minimum Gasteiger partial charge on any atom is -0.326 e. The summed E-state index contributed by atoms with van der Waals surface area (Å²) in [6.07, 6.45) is 1.93. The van der Waals surface area contributed by atoms with E-state index in [-0.39, 0.29) is 17.7 Å². The van der Waals surface area contributed by atoms with E-state index in [1.54, 1.807) is 12.1 Å². The summed E-state index contributed by atoms with van der Waals surface area (Å²) in [5.74, 6) is -0.100. The second kappa shape index (κ2) is 8.63. The van der Waals surface area contributed by atoms with Crippen molar-refractivity contribution in [2.24, 2.45) is 5.92 Å². The summed E-state index contributed by atoms with van der Waals surface area (Å²) in [5, 5.41) is 5.73. The Hall–Kier alpha value is -2.66. The molecule has 5 nitrogen and oxygen atoms in total. The predicted molar refractivity (Wildman–Crippen MR) is 104 cm³/mol. The Labute approximate surface area is 154 Å². The average Bonchev–Trinajstić information content (AvgIpc) is 2.62. The summed E-state index contributed by atoms with van der Waals surface area (Å²) < 4.78 is 0. The number of hydrogen-bond donors (Lipinski definition) is 2. The summed E-state index contributed by atoms with van der Waals surface area (Å²) in [6, 6.07) is 17.6. The Morgan fingerprint density at radius 3 is 2.50 bits per heavy atom. The molecule has 0 spiro atoms. The van der Waals surface area contributed by atoms with Gasteiger partial charge in [0.1, 0.15) is 0 Å². The van der Waals surface area contributed by atoms with Crippen LogP contribution in [-0.2, 0) is 16.1 Å². The molecule has 1 saturated heterocycles. The van der Waals surface area contributed by atoms with E-state index in [2.05, 4.69) is 27.7 Å². The van der Waals surface area contributed by atoms with Gasteiger partial charge in [-0.3, -0.25) is 14.5 Å². The first-order valence-electron chi connectivity index (χ1n) is 9.05. The molecule has 1 heterocycles. The van der Waals surface area contributed by atoms with Crippen molar-refractivity contribution in [1.29, 1.82) is 0 Å². The molecule has 0 unspecified atom stereocenters. The van der Waals surface area contributed by atoms with Crippen LogP contribution in [0.4, 0.5) is 11.4 Å². The van der Waals surface area contributed by atoms with Gasteiger partial charge in [-0.2, -0.15) is 0 Å². The van der Waals surface area contributed by atoms with Crippen molar-refractivity contribution in [3.8, 4) is 0 Å². The molecule has 1 aliphatic heterocycles. The number of carbonyl (C=O) groups is 2. The van der Waals surface area contributed by atoms with Crippen molar-refractivity contribution in [3.05, 3.63) is 60.2 Å². The molecular formula is C21H25N3O2. The third-order valence-corrected chi connectivity index (χ3v) is 4.58. The normalized spacial score (nSPS) is 17.5. The maximum Gasteiger partial charge on any atom is 0.228 e. The fraction of sp³-hybridized carbons (Fsp3) is 0.333. The summed E-state index contributed by atoms with van der Waals surface area (Å²) in [6.45, 7) is 4.14. The number of nitrogens with one attached hydrogen (secondary N) is 2. The SMILES string of the molecule is CC(=O)Nc1cccc(NC(=O)[C@H]2CCCN(Cc3ccccc3)C2)c1. The number of benzene rings is 2. The van der Waals surface area contributed by atoms with E-state index in [1.807, 2.05) is 30.3 Å². The minimum atomic E-state index is -0.127. The Kier molecular flexibility index (Phi) is 6.02. The van der Waals surface area contributed by atoms with Crippen LogP contribution in [0.1, 0.15) is 25.3 Å². The molecule has 26 heavy (non-hydrogen) atoms. The largest absolute Gasteiger partial charge is 0.326 e. The first-order valence-corrected chi connectivity index (χ1v) is 9.05. The third-order valence-electron chi connectivity index (χ3n) is 4.58. The molecule has 0 radical (unpaired) electrons. The Morgan fingerprint density at radius 2 is 1.77 bits per heavy atom. The molecule has 2 aromatic carbocycles. The zero-order valence-electron chi connectivity index (χ0n) is 15.1. The van der Waals surface area contributed by atoms with Crippen molar-refractivity contribution in [3.63, 3.8) is 0 Å². The van der Waals surface area contributed by atoms with Crippen LogP contribution in [0, 0.1) is 5.92 Å². The molecule has 0 bridgehead atoms. The molecule has 1 aliphatic rings. The fourth-order valence-electron chi connectivity index (χ4n) is 3.38. The Balaban J connectivity index is 1.58. The van der Waals surface area contributed by atoms with Gasteiger partial charge < -0.3 is 10.6 Å². The molecular weight excluding hydrogens is 326 g/mol. The van der Waals surface area contributed by atoms with Crippen LogP contribution in [-0.4, -0.2) is 29.8 Å². The Morgan fingerprint density at radius 1 is 1.04 bits per heavy atom. The summed E-state index contributed by atoms with van der Waals surface area (Å²) in [4.78, 5) is 26.2. The van der Waals surface area contributed by atoms with Gasteiger partial charge in [-0.25, -0.2) is 0 Å². The van der Waals surface area contributed by atoms with E-state index >= 15 is 0 Å². The van der Waals surface area contributed by atoms with Crippen LogP contribution in [0.5, 0.6) is 0 Å². The van der Waals surface area contributed by atoms with Crippen molar-refractivity contribution in [1.82, 2.24) is 4.90 Å². The molecule has 2 amide bonds. The molecule has 0 aliphatic carbocycles. The maximum absolute atomic E-state index is 12.7. The molecule has 1 fully saturated rings. The van der Waals surface area contributed by atoms with Crippen molar-refractivity contribution in [2.45, 2.75) is 26.3 Å². The zero-order chi connectivity index (χ0) is 18.4. The number of piperidine rings is 1. The van der Waals surface area contributed by atoms with Gasteiger partial charge in [-0.1, -0.05) is 36.4 Å². The first-order chi connectivity index (χ1) is 12.6. The molecule has 2 aromatic rings. The second-order valence-electron chi connectivity index (χ2n) is 6.81. The highest BCUT2D eigenvalue weighted by atomic mass is 16.2. The van der Waals surface area contributed by atoms with Gasteiger partial charge in [0.25, 0.3) is 0 Å². The van der Waals surface area contributed by atoms with Crippen LogP contribution in [0.25, 0.3) is 0 Å². The topological polar surface area (TPSA) is 61.4 Å². The van der Waals surface area contributed by atoms with Gasteiger partial charge in [0.2, 0.25) is 11.8 Å². The molecule has 136 valence electrons. The van der Waals surface area contributed by atoms with Crippen molar-refractivity contribution >= 4 is 23.2 Å². The number of rotatable bonds is 5. The fourth-order valence-corrected chi connectivity index (χ4v) is 3.38. The van der Waals surface area contributed by atoms with Gasteiger partial charge in [0.05, 0.1) is 5.92 Å². The zero-order valence-corrected chi connectivity index (χ0v) is 15.1. The lowest BCUT2D eigenvalue weighted by atomic mass is 9.96. The van der Waals surface area contributed by atoms with E-state index < -0.39 is 0 Å². The summed E-state index contributed by atoms with van der Waals surface area (Å²) in [7, 11) is 0. The van der Waals surface area contributed by atoms with Crippen LogP contribution in [0.15, 0.2) is 54.6 Å². The number of likely N-dealkylation sites (tertiary alicyclic amines) is 1. The lowest BCUT2D eigenvalue weighted by Gasteiger charge is -2.32. The maximum atomic E-state index is 12.7. The molecule has 1 atom stereocenters. The first kappa shape index (κ1) is 18.1. The van der Waals surface area contributed by atoms with Gasteiger partial charge in [0, 0.05) is 31.4 Å². The lowest BCUT2D eigenvalue weighted by Crippen LogP contribution is -2.40. The molecule has 5 heteroatoms. The lowest BCUT2D eigenvalue weighted by molar-refractivity contribution is -0.121. The van der Waals surface area contributed by atoms with Crippen LogP contribution < -0.4 is 10.6 Å². The van der Waals surface area contributed by atoms with Crippen molar-refractivity contribution < 1.29 is 9.59 Å². The van der Waals surface area contributed by atoms with E-state index in [0.717, 1.165) is 32.5 Å². The molecule has 0 saturated carbocycles. The Bertz CT molecular complexity index is 761. The predicted octanol–water partition coefficient (Wildman–Crippen LogP) is 3.50. The monoisotopic (exact) mass is 351 g/mol. The number of amides is 2. The standard InChI is InChI=1S/C21H25N3O2/c1-16(25)22-19-10-5-11-20(13-19)23-21(26)18-9-6-12-24(15-18)14-17-7-3-2-4-8-17/h2-5,7-8,10-11,13,18H,6,9,12,14-15H2,1H3,(H,22,25)(H,23,26)/t18-/m0/s1. The van der Waals surface area contributed by atoms with Crippen LogP contribution in [0.3, 0.4) is 0 Å². The van der Waals surface area contributed by atoms with E-state index in [0.29, 0.717) is 11.4 Å². The highest BCUT2D eigenvalue weighted by Crippen LogP contribution is 2.21. The molecule has 0 aromatic heterocycles. The van der Waals surface area contributed by atoms with E-state index in [9.17, 15) is 9.59 Å². The minimum absolute atomic E-state index is 0.0168. The van der Waals surface area contributed by atoms with Gasteiger partial charge in [0.15, 0.2) is 0 Å². The molecule has 3 rings (SSSR count). The summed E-state index contributed by atoms with van der Waals surface area (Å²) in [5.41, 5.74) is 2.67. The molecule has 2 N–H and O–H groups in total. The number of carbonyl (C=O) groups excluding carboxylic acids is 2. The van der Waals surface area contributed by atoms with Crippen molar-refractivity contribution in [2.75, 3.05) is 23.7 Å². The van der Waals surface area contributed by atoms with Crippen LogP contribution >= 0.6 is 0 Å². The number of hydrogen-bond acceptors (Lipinski definition) is 3. The summed E-state index contributed by atoms with van der Waals surface area (Å²) >= 11 is 0. The number of anilines is 2. The second-order valence-corrected chi connectivity index (χ2v) is 6.81. The quantitative estimate of drug-likeness (QED) is 0.867. The van der Waals surface area contributed by atoms with Crippen LogP contribution in [0.2, 0.25) is 0 Å². The third kappa shape index (κ3) is 5.17. The van der Waals surface area contributed by atoms with E-state index in [4.69, 9.17) is 0 Å². The highest BCUT2D eigenvalue weighted by molar-refractivity contribution is 5.94. The smallest absolute Gasteiger partial charge is 0.228 e. The average molecular weight is 351 g/mol. The van der Waals surface area contributed by atoms with Gasteiger partial charge in [-0.15, -0.1) is 0 Å². The van der Waals surface area contributed by atoms with Gasteiger partial charge in [-0.05, 0) is 43.1 Å². The van der Waals surface area contributed by atoms with Gasteiger partial charge >= 0.3 is 0 Å². The van der Waals surface area contributed by atoms with E-state index in [1.165, 1.54) is 12.5 Å².